The van der Waals surface area contributed by atoms with E-state index in [1.54, 1.807) is 42.5 Å². The van der Waals surface area contributed by atoms with Gasteiger partial charge in [0.05, 0.1) is 12.0 Å². The summed E-state index contributed by atoms with van der Waals surface area (Å²) in [6.07, 6.45) is -0.0849. The molecule has 0 aliphatic carbocycles. The summed E-state index contributed by atoms with van der Waals surface area (Å²) in [6, 6.07) is 13.8. The van der Waals surface area contributed by atoms with Crippen molar-refractivity contribution in [2.75, 3.05) is 0 Å². The Morgan fingerprint density at radius 1 is 0.900 bits per heavy atom. The van der Waals surface area contributed by atoms with Gasteiger partial charge in [-0.2, -0.15) is 0 Å². The number of hydrogen-bond acceptors (Lipinski definition) is 3. The number of aromatic carboxylic acids is 1. The molecule has 20 heavy (non-hydrogen) atoms. The maximum Gasteiger partial charge on any atom is 0.336 e. The summed E-state index contributed by atoms with van der Waals surface area (Å²) in [7, 11) is 0. The van der Waals surface area contributed by atoms with Gasteiger partial charge in [-0.15, -0.1) is 0 Å². The number of carbonyl (C=O) groups is 2. The Kier molecular flexibility index (Phi) is 4.42. The SMILES string of the molecule is O=C(O)Cc1ccccc1Sc1ccccc1C(=O)O. The summed E-state index contributed by atoms with van der Waals surface area (Å²) < 4.78 is 0. The molecule has 0 atom stereocenters. The van der Waals surface area contributed by atoms with Gasteiger partial charge in [-0.1, -0.05) is 42.1 Å². The van der Waals surface area contributed by atoms with Crippen molar-refractivity contribution in [3.05, 3.63) is 59.7 Å². The van der Waals surface area contributed by atoms with Crippen LogP contribution >= 0.6 is 11.8 Å². The van der Waals surface area contributed by atoms with E-state index in [-0.39, 0.29) is 12.0 Å². The van der Waals surface area contributed by atoms with Crippen LogP contribution in [0.15, 0.2) is 58.3 Å². The minimum Gasteiger partial charge on any atom is -0.481 e. The highest BCUT2D eigenvalue weighted by atomic mass is 32.2. The van der Waals surface area contributed by atoms with Crippen LogP contribution in [0.25, 0.3) is 0 Å². The van der Waals surface area contributed by atoms with E-state index < -0.39 is 11.9 Å². The minimum absolute atomic E-state index is 0.0849. The van der Waals surface area contributed by atoms with E-state index in [0.29, 0.717) is 10.5 Å². The average Bonchev–Trinajstić information content (AvgIpc) is 2.41. The van der Waals surface area contributed by atoms with Crippen molar-refractivity contribution >= 4 is 23.7 Å². The van der Waals surface area contributed by atoms with Gasteiger partial charge in [0.25, 0.3) is 0 Å². The molecule has 0 saturated heterocycles. The van der Waals surface area contributed by atoms with E-state index in [0.717, 1.165) is 4.90 Å². The smallest absolute Gasteiger partial charge is 0.336 e. The van der Waals surface area contributed by atoms with Crippen LogP contribution in [-0.4, -0.2) is 22.2 Å². The quantitative estimate of drug-likeness (QED) is 0.884. The molecule has 0 aliphatic rings. The van der Waals surface area contributed by atoms with Crippen molar-refractivity contribution in [1.29, 1.82) is 0 Å². The standard InChI is InChI=1S/C15H12O4S/c16-14(17)9-10-5-1-3-7-12(10)20-13-8-4-2-6-11(13)15(18)19/h1-8H,9H2,(H,16,17)(H,18,19). The predicted molar refractivity (Wildman–Crippen MR) is 75.3 cm³/mol. The Morgan fingerprint density at radius 2 is 1.50 bits per heavy atom. The van der Waals surface area contributed by atoms with E-state index in [4.69, 9.17) is 10.2 Å². The van der Waals surface area contributed by atoms with Crippen LogP contribution in [0, 0.1) is 0 Å². The average molecular weight is 288 g/mol. The second-order valence-electron chi connectivity index (χ2n) is 4.08. The lowest BCUT2D eigenvalue weighted by molar-refractivity contribution is -0.136. The first-order valence-electron chi connectivity index (χ1n) is 5.88. The Morgan fingerprint density at radius 3 is 2.15 bits per heavy atom. The van der Waals surface area contributed by atoms with Crippen LogP contribution in [0.3, 0.4) is 0 Å². The molecule has 0 aromatic heterocycles. The summed E-state index contributed by atoms with van der Waals surface area (Å²) in [5.74, 6) is -1.91. The highest BCUT2D eigenvalue weighted by Gasteiger charge is 2.13. The molecule has 0 spiro atoms. The minimum atomic E-state index is -0.996. The fourth-order valence-corrected chi connectivity index (χ4v) is 2.83. The predicted octanol–water partition coefficient (Wildman–Crippen LogP) is 3.16. The number of rotatable bonds is 5. The van der Waals surface area contributed by atoms with Crippen molar-refractivity contribution < 1.29 is 19.8 Å². The van der Waals surface area contributed by atoms with Gasteiger partial charge in [-0.3, -0.25) is 4.79 Å². The molecule has 4 nitrogen and oxygen atoms in total. The van der Waals surface area contributed by atoms with Crippen LogP contribution < -0.4 is 0 Å². The third kappa shape index (κ3) is 3.39. The number of carboxylic acid groups (broad SMARTS) is 2. The monoisotopic (exact) mass is 288 g/mol. The van der Waals surface area contributed by atoms with Gasteiger partial charge in [0.1, 0.15) is 0 Å². The maximum absolute atomic E-state index is 11.2. The van der Waals surface area contributed by atoms with Gasteiger partial charge in [0, 0.05) is 9.79 Å². The lowest BCUT2D eigenvalue weighted by atomic mass is 10.1. The Bertz CT molecular complexity index is 652. The van der Waals surface area contributed by atoms with E-state index in [1.807, 2.05) is 0 Å². The van der Waals surface area contributed by atoms with E-state index in [1.165, 1.54) is 17.8 Å². The zero-order valence-corrected chi connectivity index (χ0v) is 11.3. The Labute approximate surface area is 120 Å². The third-order valence-electron chi connectivity index (χ3n) is 2.65. The molecule has 2 aromatic carbocycles. The van der Waals surface area contributed by atoms with Crippen LogP contribution in [0.4, 0.5) is 0 Å². The van der Waals surface area contributed by atoms with Crippen molar-refractivity contribution in [2.45, 2.75) is 16.2 Å². The van der Waals surface area contributed by atoms with Crippen LogP contribution in [-0.2, 0) is 11.2 Å². The number of aliphatic carboxylic acids is 1. The summed E-state index contributed by atoms with van der Waals surface area (Å²) in [6.45, 7) is 0. The second-order valence-corrected chi connectivity index (χ2v) is 5.17. The van der Waals surface area contributed by atoms with E-state index >= 15 is 0 Å². The number of carboxylic acids is 2. The molecule has 2 aromatic rings. The zero-order chi connectivity index (χ0) is 14.5. The fourth-order valence-electron chi connectivity index (χ4n) is 1.76. The molecule has 0 heterocycles. The molecule has 0 amide bonds. The molecule has 0 bridgehead atoms. The molecule has 5 heteroatoms. The highest BCUT2D eigenvalue weighted by molar-refractivity contribution is 7.99. The first-order chi connectivity index (χ1) is 9.58. The summed E-state index contributed by atoms with van der Waals surface area (Å²) in [5, 5.41) is 18.0. The molecular formula is C15H12O4S. The van der Waals surface area contributed by atoms with Gasteiger partial charge in [0.15, 0.2) is 0 Å². The van der Waals surface area contributed by atoms with Crippen LogP contribution in [0.1, 0.15) is 15.9 Å². The number of benzene rings is 2. The number of hydrogen-bond donors (Lipinski definition) is 2. The zero-order valence-electron chi connectivity index (χ0n) is 10.4. The third-order valence-corrected chi connectivity index (χ3v) is 3.85. The molecule has 0 fully saturated rings. The van der Waals surface area contributed by atoms with Crippen molar-refractivity contribution in [3.63, 3.8) is 0 Å². The second kappa shape index (κ2) is 6.25. The molecule has 0 radical (unpaired) electrons. The van der Waals surface area contributed by atoms with Gasteiger partial charge in [0.2, 0.25) is 0 Å². The molecule has 0 aliphatic heterocycles. The van der Waals surface area contributed by atoms with Crippen molar-refractivity contribution in [1.82, 2.24) is 0 Å². The molecular weight excluding hydrogens is 276 g/mol. The molecule has 2 N–H and O–H groups in total. The maximum atomic E-state index is 11.2. The van der Waals surface area contributed by atoms with E-state index in [2.05, 4.69) is 0 Å². The Balaban J connectivity index is 2.35. The van der Waals surface area contributed by atoms with Gasteiger partial charge < -0.3 is 10.2 Å². The molecule has 0 saturated carbocycles. The summed E-state index contributed by atoms with van der Waals surface area (Å²) in [5.41, 5.74) is 0.882. The first kappa shape index (κ1) is 14.1. The normalized spacial score (nSPS) is 10.2. The first-order valence-corrected chi connectivity index (χ1v) is 6.69. The topological polar surface area (TPSA) is 74.6 Å². The van der Waals surface area contributed by atoms with Crippen molar-refractivity contribution in [2.24, 2.45) is 0 Å². The largest absolute Gasteiger partial charge is 0.481 e. The van der Waals surface area contributed by atoms with Gasteiger partial charge >= 0.3 is 11.9 Å². The lowest BCUT2D eigenvalue weighted by Gasteiger charge is -2.09. The lowest BCUT2D eigenvalue weighted by Crippen LogP contribution is -2.02. The summed E-state index contributed by atoms with van der Waals surface area (Å²) in [4.78, 5) is 23.4. The molecule has 102 valence electrons. The molecule has 2 rings (SSSR count). The fraction of sp³-hybridized carbons (Fsp3) is 0.0667. The van der Waals surface area contributed by atoms with Crippen LogP contribution in [0.2, 0.25) is 0 Å². The molecule has 0 unspecified atom stereocenters. The van der Waals surface area contributed by atoms with Crippen LogP contribution in [0.5, 0.6) is 0 Å². The van der Waals surface area contributed by atoms with E-state index in [9.17, 15) is 9.59 Å². The summed E-state index contributed by atoms with van der Waals surface area (Å²) >= 11 is 1.27. The highest BCUT2D eigenvalue weighted by Crippen LogP contribution is 2.33. The van der Waals surface area contributed by atoms with Crippen molar-refractivity contribution in [3.8, 4) is 0 Å². The Hall–Kier alpha value is -2.27. The van der Waals surface area contributed by atoms with Gasteiger partial charge in [-0.05, 0) is 23.8 Å². The van der Waals surface area contributed by atoms with Gasteiger partial charge in [-0.25, -0.2) is 4.79 Å².